The average molecular weight is 292 g/mol. The highest BCUT2D eigenvalue weighted by Gasteiger charge is 2.20. The Kier molecular flexibility index (Phi) is 7.94. The number of aliphatic hydroxyl groups is 1. The highest BCUT2D eigenvalue weighted by molar-refractivity contribution is 5.24. The summed E-state index contributed by atoms with van der Waals surface area (Å²) in [4.78, 5) is 2.44. The fraction of sp³-hybridized carbons (Fsp3) is 0.667. The van der Waals surface area contributed by atoms with Gasteiger partial charge >= 0.3 is 0 Å². The van der Waals surface area contributed by atoms with Crippen molar-refractivity contribution in [3.05, 3.63) is 35.4 Å². The van der Waals surface area contributed by atoms with Crippen LogP contribution in [0.3, 0.4) is 0 Å². The van der Waals surface area contributed by atoms with E-state index in [0.717, 1.165) is 30.5 Å². The molecule has 21 heavy (non-hydrogen) atoms. The molecule has 0 saturated carbocycles. The zero-order valence-corrected chi connectivity index (χ0v) is 14.0. The van der Waals surface area contributed by atoms with Crippen molar-refractivity contribution in [2.75, 3.05) is 13.1 Å². The minimum absolute atomic E-state index is 0.434. The number of benzene rings is 1. The lowest BCUT2D eigenvalue weighted by Gasteiger charge is -2.33. The largest absolute Gasteiger partial charge is 0.387 e. The van der Waals surface area contributed by atoms with Crippen molar-refractivity contribution in [3.8, 4) is 0 Å². The molecular weight excluding hydrogens is 260 g/mol. The summed E-state index contributed by atoms with van der Waals surface area (Å²) in [5, 5.41) is 10.5. The van der Waals surface area contributed by atoms with Crippen molar-refractivity contribution in [2.24, 2.45) is 11.7 Å². The third kappa shape index (κ3) is 5.77. The van der Waals surface area contributed by atoms with E-state index in [1.807, 2.05) is 24.3 Å². The molecule has 0 heterocycles. The Morgan fingerprint density at radius 3 is 2.05 bits per heavy atom. The molecule has 1 rings (SSSR count). The van der Waals surface area contributed by atoms with Crippen molar-refractivity contribution >= 4 is 0 Å². The lowest BCUT2D eigenvalue weighted by Crippen LogP contribution is -2.40. The predicted molar refractivity (Wildman–Crippen MR) is 90.1 cm³/mol. The zero-order chi connectivity index (χ0) is 15.8. The van der Waals surface area contributed by atoms with Gasteiger partial charge in [-0.05, 0) is 29.9 Å². The van der Waals surface area contributed by atoms with Gasteiger partial charge in [-0.2, -0.15) is 0 Å². The third-order valence-electron chi connectivity index (χ3n) is 4.07. The lowest BCUT2D eigenvalue weighted by molar-refractivity contribution is 0.0751. The number of nitrogens with two attached hydrogens (primary N) is 1. The van der Waals surface area contributed by atoms with E-state index >= 15 is 0 Å². The molecule has 3 heteroatoms. The average Bonchev–Trinajstić information content (AvgIpc) is 2.47. The maximum atomic E-state index is 10.5. The van der Waals surface area contributed by atoms with Gasteiger partial charge in [-0.25, -0.2) is 0 Å². The molecule has 0 aromatic heterocycles. The second-order valence-corrected chi connectivity index (χ2v) is 6.28. The quantitative estimate of drug-likeness (QED) is 0.734. The normalized spacial score (nSPS) is 13.4. The molecule has 0 radical (unpaired) electrons. The Morgan fingerprint density at radius 2 is 1.62 bits per heavy atom. The molecule has 0 amide bonds. The molecule has 0 aliphatic carbocycles. The molecule has 0 fully saturated rings. The maximum Gasteiger partial charge on any atom is 0.0917 e. The van der Waals surface area contributed by atoms with E-state index in [1.165, 1.54) is 0 Å². The van der Waals surface area contributed by atoms with E-state index in [2.05, 4.69) is 32.6 Å². The van der Waals surface area contributed by atoms with Crippen LogP contribution < -0.4 is 5.73 Å². The van der Waals surface area contributed by atoms with Gasteiger partial charge in [0.2, 0.25) is 0 Å². The smallest absolute Gasteiger partial charge is 0.0917 e. The Morgan fingerprint density at radius 1 is 1.05 bits per heavy atom. The van der Waals surface area contributed by atoms with E-state index in [0.29, 0.717) is 25.0 Å². The Bertz CT molecular complexity index is 385. The summed E-state index contributed by atoms with van der Waals surface area (Å²) in [5.41, 5.74) is 7.70. The van der Waals surface area contributed by atoms with Crippen LogP contribution in [0.25, 0.3) is 0 Å². The highest BCUT2D eigenvalue weighted by atomic mass is 16.3. The number of rotatable bonds is 9. The van der Waals surface area contributed by atoms with Gasteiger partial charge in [-0.3, -0.25) is 4.90 Å². The molecule has 1 aromatic rings. The summed E-state index contributed by atoms with van der Waals surface area (Å²) in [6.45, 7) is 11.2. The number of aliphatic hydroxyl groups excluding tert-OH is 1. The Labute approximate surface area is 130 Å². The van der Waals surface area contributed by atoms with Crippen molar-refractivity contribution in [3.63, 3.8) is 0 Å². The molecule has 0 aliphatic heterocycles. The van der Waals surface area contributed by atoms with E-state index in [4.69, 9.17) is 5.73 Å². The van der Waals surface area contributed by atoms with E-state index < -0.39 is 6.10 Å². The molecule has 0 spiro atoms. The number of nitrogens with zero attached hydrogens (tertiary/aromatic N) is 1. The molecule has 3 nitrogen and oxygen atoms in total. The van der Waals surface area contributed by atoms with Gasteiger partial charge in [-0.1, -0.05) is 52.0 Å². The Hall–Kier alpha value is -0.900. The first-order valence-corrected chi connectivity index (χ1v) is 8.22. The van der Waals surface area contributed by atoms with Gasteiger partial charge in [0.05, 0.1) is 6.10 Å². The second kappa shape index (κ2) is 9.19. The van der Waals surface area contributed by atoms with Crippen molar-refractivity contribution in [1.82, 2.24) is 4.90 Å². The summed E-state index contributed by atoms with van der Waals surface area (Å²) < 4.78 is 0. The standard InChI is InChI=1S/C18H32N2O/c1-5-17(6-2)20(12-14(3)4)13-18(21)16-9-7-15(11-19)8-10-16/h7-10,14,17-18,21H,5-6,11-13,19H2,1-4H3. The first kappa shape index (κ1) is 18.1. The van der Waals surface area contributed by atoms with E-state index in [1.54, 1.807) is 0 Å². The number of hydrogen-bond acceptors (Lipinski definition) is 3. The van der Waals surface area contributed by atoms with E-state index in [9.17, 15) is 5.11 Å². The molecule has 1 unspecified atom stereocenters. The van der Waals surface area contributed by atoms with Gasteiger partial charge in [0.25, 0.3) is 0 Å². The molecular formula is C18H32N2O. The summed E-state index contributed by atoms with van der Waals surface area (Å²) in [6, 6.07) is 8.54. The van der Waals surface area contributed by atoms with Crippen LogP contribution in [0, 0.1) is 5.92 Å². The van der Waals surface area contributed by atoms with Crippen molar-refractivity contribution in [2.45, 2.75) is 59.2 Å². The molecule has 1 atom stereocenters. The van der Waals surface area contributed by atoms with Gasteiger partial charge in [-0.15, -0.1) is 0 Å². The molecule has 0 aliphatic rings. The maximum absolute atomic E-state index is 10.5. The van der Waals surface area contributed by atoms with Gasteiger partial charge in [0.15, 0.2) is 0 Å². The predicted octanol–water partition coefficient (Wildman–Crippen LogP) is 3.33. The third-order valence-corrected chi connectivity index (χ3v) is 4.07. The van der Waals surface area contributed by atoms with Gasteiger partial charge in [0, 0.05) is 25.7 Å². The minimum atomic E-state index is -0.434. The summed E-state index contributed by atoms with van der Waals surface area (Å²) in [6.07, 6.45) is 1.82. The molecule has 120 valence electrons. The topological polar surface area (TPSA) is 49.5 Å². The molecule has 3 N–H and O–H groups in total. The molecule has 1 aromatic carbocycles. The summed E-state index contributed by atoms with van der Waals surface area (Å²) >= 11 is 0. The summed E-state index contributed by atoms with van der Waals surface area (Å²) in [5.74, 6) is 0.609. The molecule has 0 bridgehead atoms. The Balaban J connectivity index is 2.75. The van der Waals surface area contributed by atoms with Crippen LogP contribution in [0.4, 0.5) is 0 Å². The fourth-order valence-corrected chi connectivity index (χ4v) is 2.85. The van der Waals surface area contributed by atoms with Crippen molar-refractivity contribution in [1.29, 1.82) is 0 Å². The van der Waals surface area contributed by atoms with Crippen LogP contribution in [-0.4, -0.2) is 29.1 Å². The fourth-order valence-electron chi connectivity index (χ4n) is 2.85. The van der Waals surface area contributed by atoms with E-state index in [-0.39, 0.29) is 0 Å². The van der Waals surface area contributed by atoms with Crippen LogP contribution in [0.15, 0.2) is 24.3 Å². The zero-order valence-electron chi connectivity index (χ0n) is 14.0. The van der Waals surface area contributed by atoms with Crippen LogP contribution in [-0.2, 0) is 6.54 Å². The second-order valence-electron chi connectivity index (χ2n) is 6.28. The first-order chi connectivity index (χ1) is 10.0. The first-order valence-electron chi connectivity index (χ1n) is 8.22. The van der Waals surface area contributed by atoms with Crippen LogP contribution in [0.2, 0.25) is 0 Å². The van der Waals surface area contributed by atoms with Crippen LogP contribution in [0.1, 0.15) is 57.8 Å². The monoisotopic (exact) mass is 292 g/mol. The van der Waals surface area contributed by atoms with Gasteiger partial charge in [0.1, 0.15) is 0 Å². The van der Waals surface area contributed by atoms with Gasteiger partial charge < -0.3 is 10.8 Å². The lowest BCUT2D eigenvalue weighted by atomic mass is 10.0. The number of hydrogen-bond donors (Lipinski definition) is 2. The molecule has 0 saturated heterocycles. The van der Waals surface area contributed by atoms with Crippen LogP contribution >= 0.6 is 0 Å². The van der Waals surface area contributed by atoms with Crippen LogP contribution in [0.5, 0.6) is 0 Å². The highest BCUT2D eigenvalue weighted by Crippen LogP contribution is 2.19. The van der Waals surface area contributed by atoms with Crippen molar-refractivity contribution < 1.29 is 5.11 Å². The minimum Gasteiger partial charge on any atom is -0.387 e. The SMILES string of the molecule is CCC(CC)N(CC(C)C)CC(O)c1ccc(CN)cc1. The summed E-state index contributed by atoms with van der Waals surface area (Å²) in [7, 11) is 0.